The van der Waals surface area contributed by atoms with Crippen molar-refractivity contribution in [3.05, 3.63) is 45.7 Å². The maximum Gasteiger partial charge on any atom is 0.192 e. The summed E-state index contributed by atoms with van der Waals surface area (Å²) in [5, 5.41) is 22.2. The number of rotatable bonds is 7. The fourth-order valence-electron chi connectivity index (χ4n) is 3.47. The van der Waals surface area contributed by atoms with E-state index < -0.39 is 0 Å². The zero-order valence-corrected chi connectivity index (χ0v) is 18.6. The van der Waals surface area contributed by atoms with Crippen LogP contribution in [0.25, 0.3) is 0 Å². The summed E-state index contributed by atoms with van der Waals surface area (Å²) in [4.78, 5) is 10.8. The number of aryl methyl sites for hydroxylation is 3. The number of hydrogen-bond acceptors (Lipinski definition) is 6. The van der Waals surface area contributed by atoms with Crippen LogP contribution in [0.1, 0.15) is 41.5 Å². The third kappa shape index (κ3) is 4.86. The first-order valence-electron chi connectivity index (χ1n) is 10.5. The maximum atomic E-state index is 4.79. The van der Waals surface area contributed by atoms with Gasteiger partial charge in [-0.3, -0.25) is 0 Å². The third-order valence-corrected chi connectivity index (χ3v) is 6.30. The molecule has 10 heteroatoms. The Balaban J connectivity index is 1.42. The highest BCUT2D eigenvalue weighted by molar-refractivity contribution is 7.09. The summed E-state index contributed by atoms with van der Waals surface area (Å²) < 4.78 is 4.01. The summed E-state index contributed by atoms with van der Waals surface area (Å²) in [6.07, 6.45) is 3.78. The second-order valence-electron chi connectivity index (χ2n) is 7.50. The summed E-state index contributed by atoms with van der Waals surface area (Å²) in [7, 11) is 1.97. The van der Waals surface area contributed by atoms with Gasteiger partial charge in [-0.05, 0) is 31.2 Å². The van der Waals surface area contributed by atoms with Crippen molar-refractivity contribution < 1.29 is 0 Å². The highest BCUT2D eigenvalue weighted by Gasteiger charge is 2.22. The van der Waals surface area contributed by atoms with Crippen LogP contribution in [0.4, 0.5) is 0 Å². The van der Waals surface area contributed by atoms with Gasteiger partial charge in [-0.25, -0.2) is 14.7 Å². The molecule has 0 saturated carbocycles. The molecule has 0 aromatic carbocycles. The van der Waals surface area contributed by atoms with Gasteiger partial charge >= 0.3 is 0 Å². The number of nitrogens with zero attached hydrogens (tertiary/aromatic N) is 7. The molecule has 0 fully saturated rings. The summed E-state index contributed by atoms with van der Waals surface area (Å²) >= 11 is 1.78. The summed E-state index contributed by atoms with van der Waals surface area (Å²) in [6, 6.07) is 4.52. The fourth-order valence-corrected chi connectivity index (χ4v) is 4.18. The normalized spacial score (nSPS) is 16.5. The minimum absolute atomic E-state index is 0.262. The smallest absolute Gasteiger partial charge is 0.192 e. The zero-order valence-electron chi connectivity index (χ0n) is 17.8. The molecule has 0 spiro atoms. The molecular formula is C20H29N9S. The Kier molecular flexibility index (Phi) is 6.41. The molecule has 0 bridgehead atoms. The zero-order chi connectivity index (χ0) is 20.9. The van der Waals surface area contributed by atoms with Crippen molar-refractivity contribution in [2.75, 3.05) is 6.54 Å². The minimum Gasteiger partial charge on any atom is -0.356 e. The van der Waals surface area contributed by atoms with Gasteiger partial charge < -0.3 is 15.2 Å². The monoisotopic (exact) mass is 427 g/mol. The Hall–Kier alpha value is -2.75. The van der Waals surface area contributed by atoms with Crippen molar-refractivity contribution in [3.63, 3.8) is 0 Å². The molecule has 3 aromatic heterocycles. The van der Waals surface area contributed by atoms with E-state index in [1.807, 2.05) is 23.2 Å². The lowest BCUT2D eigenvalue weighted by atomic mass is 10.1. The van der Waals surface area contributed by atoms with E-state index in [4.69, 9.17) is 4.99 Å². The molecule has 9 nitrogen and oxygen atoms in total. The minimum atomic E-state index is 0.262. The molecule has 1 atom stereocenters. The molecule has 2 N–H and O–H groups in total. The summed E-state index contributed by atoms with van der Waals surface area (Å²) in [5.41, 5.74) is 0. The van der Waals surface area contributed by atoms with Crippen LogP contribution in [0, 0.1) is 6.92 Å². The van der Waals surface area contributed by atoms with Crippen LogP contribution in [-0.4, -0.2) is 48.1 Å². The van der Waals surface area contributed by atoms with Crippen LogP contribution >= 0.6 is 11.3 Å². The van der Waals surface area contributed by atoms with E-state index in [9.17, 15) is 0 Å². The molecule has 1 unspecified atom stereocenters. The molecular weight excluding hydrogens is 398 g/mol. The van der Waals surface area contributed by atoms with Gasteiger partial charge in [-0.1, -0.05) is 13.0 Å². The van der Waals surface area contributed by atoms with Crippen LogP contribution in [0.3, 0.4) is 0 Å². The second-order valence-corrected chi connectivity index (χ2v) is 8.54. The van der Waals surface area contributed by atoms with Gasteiger partial charge in [0.05, 0.1) is 6.54 Å². The van der Waals surface area contributed by atoms with Gasteiger partial charge in [0.15, 0.2) is 17.6 Å². The topological polar surface area (TPSA) is 97.8 Å². The van der Waals surface area contributed by atoms with Gasteiger partial charge in [-0.2, -0.15) is 5.10 Å². The van der Waals surface area contributed by atoms with Crippen molar-refractivity contribution in [1.29, 1.82) is 0 Å². The lowest BCUT2D eigenvalue weighted by Crippen LogP contribution is -2.47. The van der Waals surface area contributed by atoms with Gasteiger partial charge in [0.2, 0.25) is 0 Å². The van der Waals surface area contributed by atoms with Crippen molar-refractivity contribution in [2.24, 2.45) is 12.0 Å². The molecule has 0 radical (unpaired) electrons. The number of nitrogens with one attached hydrogen (secondary N) is 2. The maximum absolute atomic E-state index is 4.79. The van der Waals surface area contributed by atoms with Crippen molar-refractivity contribution in [3.8, 4) is 0 Å². The van der Waals surface area contributed by atoms with Crippen LogP contribution < -0.4 is 10.6 Å². The van der Waals surface area contributed by atoms with E-state index in [0.29, 0.717) is 6.54 Å². The van der Waals surface area contributed by atoms with E-state index >= 15 is 0 Å². The number of thiophene rings is 1. The Morgan fingerprint density at radius 2 is 2.27 bits per heavy atom. The van der Waals surface area contributed by atoms with Crippen molar-refractivity contribution in [2.45, 2.75) is 58.7 Å². The standard InChI is InChI=1S/C20H29N9S/c1-4-17-24-18-8-7-15(13-29(18)27-17)23-20(21-10-9-16-6-5-11-30-16)22-12-19-26-25-14(2)28(19)3/h5-6,11,15H,4,7-10,12-13H2,1-3H3,(H2,21,22,23). The van der Waals surface area contributed by atoms with Crippen molar-refractivity contribution in [1.82, 2.24) is 40.2 Å². The average Bonchev–Trinajstić information content (AvgIpc) is 3.47. The van der Waals surface area contributed by atoms with Gasteiger partial charge in [0, 0.05) is 37.4 Å². The number of hydrogen-bond donors (Lipinski definition) is 2. The molecule has 4 heterocycles. The van der Waals surface area contributed by atoms with Crippen LogP contribution in [0.5, 0.6) is 0 Å². The molecule has 1 aliphatic heterocycles. The lowest BCUT2D eigenvalue weighted by molar-refractivity contribution is 0.392. The van der Waals surface area contributed by atoms with Gasteiger partial charge in [0.25, 0.3) is 0 Å². The lowest BCUT2D eigenvalue weighted by Gasteiger charge is -2.25. The fraction of sp³-hybridized carbons (Fsp3) is 0.550. The van der Waals surface area contributed by atoms with E-state index in [1.54, 1.807) is 11.3 Å². The number of guanidine groups is 1. The molecule has 3 aromatic rings. The summed E-state index contributed by atoms with van der Waals surface area (Å²) in [6.45, 7) is 6.14. The number of aliphatic imine (C=N–C) groups is 1. The molecule has 4 rings (SSSR count). The quantitative estimate of drug-likeness (QED) is 0.439. The first-order chi connectivity index (χ1) is 14.6. The van der Waals surface area contributed by atoms with E-state index in [-0.39, 0.29) is 6.04 Å². The predicted octanol–water partition coefficient (Wildman–Crippen LogP) is 1.63. The molecule has 160 valence electrons. The SMILES string of the molecule is CCc1nc2n(n1)CC(NC(=NCc1nnc(C)n1C)NCCc1cccs1)CC2. The number of fused-ring (bicyclic) bond motifs is 1. The van der Waals surface area contributed by atoms with Gasteiger partial charge in [0.1, 0.15) is 18.2 Å². The Labute approximate surface area is 180 Å². The molecule has 1 aliphatic rings. The first kappa shape index (κ1) is 20.5. The van der Waals surface area contributed by atoms with E-state index in [1.165, 1.54) is 4.88 Å². The Morgan fingerprint density at radius 1 is 1.37 bits per heavy atom. The largest absolute Gasteiger partial charge is 0.356 e. The van der Waals surface area contributed by atoms with E-state index in [2.05, 4.69) is 55.4 Å². The Morgan fingerprint density at radius 3 is 3.00 bits per heavy atom. The van der Waals surface area contributed by atoms with Crippen LogP contribution in [0.2, 0.25) is 0 Å². The van der Waals surface area contributed by atoms with Gasteiger partial charge in [-0.15, -0.1) is 21.5 Å². The van der Waals surface area contributed by atoms with E-state index in [0.717, 1.165) is 68.0 Å². The third-order valence-electron chi connectivity index (χ3n) is 5.36. The van der Waals surface area contributed by atoms with Crippen molar-refractivity contribution >= 4 is 17.3 Å². The highest BCUT2D eigenvalue weighted by atomic mass is 32.1. The highest BCUT2D eigenvalue weighted by Crippen LogP contribution is 2.13. The molecule has 0 aliphatic carbocycles. The summed E-state index contributed by atoms with van der Waals surface area (Å²) in [5.74, 6) is 4.55. The molecule has 0 saturated heterocycles. The molecule has 0 amide bonds. The first-order valence-corrected chi connectivity index (χ1v) is 11.3. The van der Waals surface area contributed by atoms with Crippen LogP contribution in [0.15, 0.2) is 22.5 Å². The average molecular weight is 428 g/mol. The molecule has 30 heavy (non-hydrogen) atoms. The number of aromatic nitrogens is 6. The van der Waals surface area contributed by atoms with Crippen LogP contribution in [-0.2, 0) is 39.4 Å². The Bertz CT molecular complexity index is 986. The second kappa shape index (κ2) is 9.38. The predicted molar refractivity (Wildman–Crippen MR) is 118 cm³/mol.